The minimum atomic E-state index is 0.655. The first kappa shape index (κ1) is 12.6. The second-order valence-corrected chi connectivity index (χ2v) is 4.87. The van der Waals surface area contributed by atoms with Crippen LogP contribution in [0.1, 0.15) is 36.8 Å². The molecule has 1 N–H and O–H groups in total. The lowest BCUT2D eigenvalue weighted by molar-refractivity contribution is 0.165. The first-order chi connectivity index (χ1) is 8.22. The number of rotatable bonds is 4. The molecule has 17 heavy (non-hydrogen) atoms. The molecule has 4 heteroatoms. The highest BCUT2D eigenvalue weighted by Crippen LogP contribution is 2.18. The first-order valence-electron chi connectivity index (χ1n) is 6.59. The number of aryl methyl sites for hydroxylation is 2. The second-order valence-electron chi connectivity index (χ2n) is 4.87. The molecule has 0 bridgehead atoms. The highest BCUT2D eigenvalue weighted by atomic mass is 16.5. The number of aromatic nitrogens is 1. The Labute approximate surface area is 103 Å². The molecule has 96 valence electrons. The molecule has 1 aliphatic heterocycles. The molecule has 2 heterocycles. The Morgan fingerprint density at radius 2 is 2.29 bits per heavy atom. The van der Waals surface area contributed by atoms with Crippen molar-refractivity contribution in [1.82, 2.24) is 15.4 Å². The topological polar surface area (TPSA) is 41.3 Å². The Kier molecular flexibility index (Phi) is 4.18. The smallest absolute Gasteiger partial charge is 0.138 e. The minimum Gasteiger partial charge on any atom is -0.361 e. The van der Waals surface area contributed by atoms with Crippen LogP contribution in [0.25, 0.3) is 0 Å². The van der Waals surface area contributed by atoms with Crippen LogP contribution in [-0.2, 0) is 6.54 Å². The van der Waals surface area contributed by atoms with Crippen molar-refractivity contribution >= 4 is 0 Å². The maximum atomic E-state index is 5.24. The molecule has 4 nitrogen and oxygen atoms in total. The first-order valence-corrected chi connectivity index (χ1v) is 6.59. The van der Waals surface area contributed by atoms with Crippen LogP contribution < -0.4 is 5.32 Å². The Balaban J connectivity index is 2.04. The van der Waals surface area contributed by atoms with Crippen molar-refractivity contribution in [2.24, 2.45) is 0 Å². The summed E-state index contributed by atoms with van der Waals surface area (Å²) in [6, 6.07) is 0.655. The van der Waals surface area contributed by atoms with Gasteiger partial charge < -0.3 is 9.84 Å². The number of hydrogen-bond acceptors (Lipinski definition) is 4. The summed E-state index contributed by atoms with van der Waals surface area (Å²) in [4.78, 5) is 2.53. The van der Waals surface area contributed by atoms with Crippen LogP contribution in [0, 0.1) is 13.8 Å². The molecule has 1 aromatic heterocycles. The zero-order valence-corrected chi connectivity index (χ0v) is 11.1. The maximum absolute atomic E-state index is 5.24. The van der Waals surface area contributed by atoms with Crippen LogP contribution in [0.4, 0.5) is 0 Å². The molecule has 0 radical (unpaired) electrons. The fourth-order valence-corrected chi connectivity index (χ4v) is 2.57. The van der Waals surface area contributed by atoms with Gasteiger partial charge in [0.25, 0.3) is 0 Å². The maximum Gasteiger partial charge on any atom is 0.138 e. The predicted molar refractivity (Wildman–Crippen MR) is 68.0 cm³/mol. The summed E-state index contributed by atoms with van der Waals surface area (Å²) >= 11 is 0. The Morgan fingerprint density at radius 3 is 2.82 bits per heavy atom. The van der Waals surface area contributed by atoms with E-state index in [2.05, 4.69) is 22.3 Å². The number of nitrogens with one attached hydrogen (secondary N) is 1. The molecule has 1 saturated heterocycles. The summed E-state index contributed by atoms with van der Waals surface area (Å²) in [7, 11) is 0. The second kappa shape index (κ2) is 5.65. The van der Waals surface area contributed by atoms with E-state index in [9.17, 15) is 0 Å². The fourth-order valence-electron chi connectivity index (χ4n) is 2.57. The van der Waals surface area contributed by atoms with Gasteiger partial charge in [-0.1, -0.05) is 12.1 Å². The van der Waals surface area contributed by atoms with Crippen LogP contribution in [0.5, 0.6) is 0 Å². The molecule has 1 aromatic rings. The van der Waals surface area contributed by atoms with E-state index in [-0.39, 0.29) is 0 Å². The third-order valence-electron chi connectivity index (χ3n) is 3.74. The predicted octanol–water partition coefficient (Wildman–Crippen LogP) is 1.87. The van der Waals surface area contributed by atoms with Gasteiger partial charge in [-0.2, -0.15) is 0 Å². The molecular weight excluding hydrogens is 214 g/mol. The highest BCUT2D eigenvalue weighted by Gasteiger charge is 2.22. The Hall–Kier alpha value is -0.870. The lowest BCUT2D eigenvalue weighted by Gasteiger charge is -2.33. The minimum absolute atomic E-state index is 0.655. The van der Waals surface area contributed by atoms with Gasteiger partial charge in [-0.25, -0.2) is 0 Å². The lowest BCUT2D eigenvalue weighted by atomic mass is 10.0. The molecule has 0 saturated carbocycles. The van der Waals surface area contributed by atoms with Crippen molar-refractivity contribution in [3.05, 3.63) is 17.0 Å². The Bertz CT molecular complexity index is 336. The largest absolute Gasteiger partial charge is 0.361 e. The average Bonchev–Trinajstić information content (AvgIpc) is 2.68. The number of nitrogens with zero attached hydrogens (tertiary/aromatic N) is 2. The van der Waals surface area contributed by atoms with Crippen molar-refractivity contribution in [3.8, 4) is 0 Å². The van der Waals surface area contributed by atoms with Crippen LogP contribution >= 0.6 is 0 Å². The number of likely N-dealkylation sites (N-methyl/N-ethyl adjacent to an activating group) is 1. The molecule has 0 amide bonds. The van der Waals surface area contributed by atoms with Crippen LogP contribution in [0.2, 0.25) is 0 Å². The van der Waals surface area contributed by atoms with E-state index in [1.54, 1.807) is 0 Å². The van der Waals surface area contributed by atoms with E-state index in [4.69, 9.17) is 4.52 Å². The van der Waals surface area contributed by atoms with Crippen LogP contribution in [-0.4, -0.2) is 35.7 Å². The number of piperidine rings is 1. The highest BCUT2D eigenvalue weighted by molar-refractivity contribution is 5.20. The summed E-state index contributed by atoms with van der Waals surface area (Å²) < 4.78 is 5.24. The number of hydrogen-bond donors (Lipinski definition) is 1. The van der Waals surface area contributed by atoms with E-state index in [0.29, 0.717) is 6.04 Å². The molecule has 0 spiro atoms. The molecular formula is C13H23N3O. The third kappa shape index (κ3) is 2.87. The zero-order chi connectivity index (χ0) is 12.3. The van der Waals surface area contributed by atoms with E-state index >= 15 is 0 Å². The molecule has 0 aliphatic carbocycles. The van der Waals surface area contributed by atoms with E-state index < -0.39 is 0 Å². The SMILES string of the molecule is CCN(Cc1c(C)noc1C)C1CCCNC1. The average molecular weight is 237 g/mol. The van der Waals surface area contributed by atoms with Crippen LogP contribution in [0.15, 0.2) is 4.52 Å². The van der Waals surface area contributed by atoms with Gasteiger partial charge in [-0.05, 0) is 39.8 Å². The standard InChI is InChI=1S/C13H23N3O/c1-4-16(12-6-5-7-14-8-12)9-13-10(2)15-17-11(13)3/h12,14H,4-9H2,1-3H3. The lowest BCUT2D eigenvalue weighted by Crippen LogP contribution is -2.45. The van der Waals surface area contributed by atoms with E-state index in [0.717, 1.165) is 31.1 Å². The quantitative estimate of drug-likeness (QED) is 0.868. The van der Waals surface area contributed by atoms with Gasteiger partial charge in [0.05, 0.1) is 5.69 Å². The third-order valence-corrected chi connectivity index (χ3v) is 3.74. The van der Waals surface area contributed by atoms with Crippen molar-refractivity contribution in [3.63, 3.8) is 0 Å². The summed E-state index contributed by atoms with van der Waals surface area (Å²) in [5.74, 6) is 0.963. The van der Waals surface area contributed by atoms with Gasteiger partial charge >= 0.3 is 0 Å². The van der Waals surface area contributed by atoms with E-state index in [1.807, 2.05) is 13.8 Å². The van der Waals surface area contributed by atoms with Gasteiger partial charge in [0.1, 0.15) is 5.76 Å². The van der Waals surface area contributed by atoms with E-state index in [1.165, 1.54) is 24.9 Å². The normalized spacial score (nSPS) is 21.1. The molecule has 1 unspecified atom stereocenters. The monoisotopic (exact) mass is 237 g/mol. The van der Waals surface area contributed by atoms with Crippen molar-refractivity contribution in [1.29, 1.82) is 0 Å². The fraction of sp³-hybridized carbons (Fsp3) is 0.769. The van der Waals surface area contributed by atoms with Crippen molar-refractivity contribution < 1.29 is 4.52 Å². The van der Waals surface area contributed by atoms with Gasteiger partial charge in [-0.15, -0.1) is 0 Å². The molecule has 1 aliphatic rings. The van der Waals surface area contributed by atoms with Crippen molar-refractivity contribution in [2.75, 3.05) is 19.6 Å². The summed E-state index contributed by atoms with van der Waals surface area (Å²) in [5.41, 5.74) is 2.29. The summed E-state index contributed by atoms with van der Waals surface area (Å²) in [6.07, 6.45) is 2.58. The summed E-state index contributed by atoms with van der Waals surface area (Å²) in [6.45, 7) is 10.6. The molecule has 0 aromatic carbocycles. The van der Waals surface area contributed by atoms with Gasteiger partial charge in [0, 0.05) is 24.7 Å². The van der Waals surface area contributed by atoms with Crippen molar-refractivity contribution in [2.45, 2.75) is 46.2 Å². The van der Waals surface area contributed by atoms with Crippen LogP contribution in [0.3, 0.4) is 0 Å². The van der Waals surface area contributed by atoms with Gasteiger partial charge in [0.15, 0.2) is 0 Å². The van der Waals surface area contributed by atoms with Gasteiger partial charge in [0.2, 0.25) is 0 Å². The zero-order valence-electron chi connectivity index (χ0n) is 11.1. The molecule has 1 atom stereocenters. The summed E-state index contributed by atoms with van der Waals surface area (Å²) in [5, 5.41) is 7.51. The Morgan fingerprint density at radius 1 is 1.47 bits per heavy atom. The molecule has 2 rings (SSSR count). The van der Waals surface area contributed by atoms with Gasteiger partial charge in [-0.3, -0.25) is 4.90 Å². The molecule has 1 fully saturated rings.